The Morgan fingerprint density at radius 1 is 1.39 bits per heavy atom. The zero-order valence-electron chi connectivity index (χ0n) is 10.4. The topological polar surface area (TPSA) is 67.2 Å². The van der Waals surface area contributed by atoms with Crippen molar-refractivity contribution in [3.05, 3.63) is 29.3 Å². The molecule has 1 atom stereocenters. The smallest absolute Gasteiger partial charge is 0.251 e. The Labute approximate surface area is 105 Å². The summed E-state index contributed by atoms with van der Waals surface area (Å²) >= 11 is 0. The summed E-state index contributed by atoms with van der Waals surface area (Å²) in [7, 11) is 0. The number of rotatable bonds is 5. The number of nitrogens with two attached hydrogens (primary N) is 1. The van der Waals surface area contributed by atoms with E-state index < -0.39 is 23.2 Å². The zero-order valence-corrected chi connectivity index (χ0v) is 10.4. The first kappa shape index (κ1) is 14.4. The quantitative estimate of drug-likeness (QED) is 0.558. The van der Waals surface area contributed by atoms with Crippen LogP contribution < -0.4 is 16.6 Å². The molecule has 1 rings (SSSR count). The van der Waals surface area contributed by atoms with Gasteiger partial charge in [0.2, 0.25) is 0 Å². The third kappa shape index (κ3) is 3.40. The van der Waals surface area contributed by atoms with E-state index in [2.05, 4.69) is 5.32 Å². The normalized spacial score (nSPS) is 12.1. The summed E-state index contributed by atoms with van der Waals surface area (Å²) in [5.74, 6) is 2.98. The number of nitrogen functional groups attached to an aromatic ring is 1. The van der Waals surface area contributed by atoms with E-state index >= 15 is 0 Å². The maximum atomic E-state index is 13.4. The van der Waals surface area contributed by atoms with E-state index in [-0.39, 0.29) is 5.56 Å². The molecule has 4 N–H and O–H groups in total. The van der Waals surface area contributed by atoms with Crippen LogP contribution in [0.3, 0.4) is 0 Å². The van der Waals surface area contributed by atoms with E-state index in [0.29, 0.717) is 12.5 Å². The fourth-order valence-corrected chi connectivity index (χ4v) is 1.36. The molecule has 0 heterocycles. The first-order valence-electron chi connectivity index (χ1n) is 5.73. The summed E-state index contributed by atoms with van der Waals surface area (Å²) in [5, 5.41) is 2.62. The summed E-state index contributed by atoms with van der Waals surface area (Å²) in [6.45, 7) is 4.44. The van der Waals surface area contributed by atoms with Crippen LogP contribution in [0, 0.1) is 17.6 Å². The van der Waals surface area contributed by atoms with Crippen molar-refractivity contribution in [3.63, 3.8) is 0 Å². The van der Waals surface area contributed by atoms with Crippen molar-refractivity contribution >= 4 is 11.6 Å². The van der Waals surface area contributed by atoms with Crippen molar-refractivity contribution < 1.29 is 13.6 Å². The van der Waals surface area contributed by atoms with Gasteiger partial charge in [0.25, 0.3) is 5.91 Å². The molecule has 0 spiro atoms. The highest BCUT2D eigenvalue weighted by Gasteiger charge is 2.14. The second-order valence-corrected chi connectivity index (χ2v) is 4.18. The van der Waals surface area contributed by atoms with Gasteiger partial charge in [-0.15, -0.1) is 0 Å². The van der Waals surface area contributed by atoms with Crippen molar-refractivity contribution in [2.24, 2.45) is 11.8 Å². The standard InChI is InChI=1S/C12H17F2N3O/c1-3-7(2)6-16-12(18)8-4-9(13)11(17-15)10(14)5-8/h4-5,7,17H,3,6,15H2,1-2H3,(H,16,18). The molecule has 0 aliphatic rings. The van der Waals surface area contributed by atoms with Crippen molar-refractivity contribution in [1.82, 2.24) is 5.32 Å². The largest absolute Gasteiger partial charge is 0.352 e. The molecular formula is C12H17F2N3O. The number of carbonyl (C=O) groups is 1. The fourth-order valence-electron chi connectivity index (χ4n) is 1.36. The molecule has 18 heavy (non-hydrogen) atoms. The molecule has 4 nitrogen and oxygen atoms in total. The predicted molar refractivity (Wildman–Crippen MR) is 66.0 cm³/mol. The van der Waals surface area contributed by atoms with Crippen molar-refractivity contribution in [1.29, 1.82) is 0 Å². The van der Waals surface area contributed by atoms with Crippen LogP contribution in [0.25, 0.3) is 0 Å². The maximum Gasteiger partial charge on any atom is 0.251 e. The molecule has 0 aliphatic heterocycles. The minimum Gasteiger partial charge on any atom is -0.352 e. The highest BCUT2D eigenvalue weighted by atomic mass is 19.1. The number of carbonyl (C=O) groups excluding carboxylic acids is 1. The molecule has 1 amide bonds. The van der Waals surface area contributed by atoms with Gasteiger partial charge >= 0.3 is 0 Å². The average Bonchev–Trinajstić information content (AvgIpc) is 2.34. The van der Waals surface area contributed by atoms with Crippen molar-refractivity contribution in [2.75, 3.05) is 12.0 Å². The Morgan fingerprint density at radius 2 is 1.94 bits per heavy atom. The Bertz CT molecular complexity index is 414. The summed E-state index contributed by atoms with van der Waals surface area (Å²) in [6.07, 6.45) is 0.916. The molecule has 0 saturated heterocycles. The second kappa shape index (κ2) is 6.30. The highest BCUT2D eigenvalue weighted by molar-refractivity contribution is 5.94. The van der Waals surface area contributed by atoms with Gasteiger partial charge in [-0.25, -0.2) is 8.78 Å². The lowest BCUT2D eigenvalue weighted by molar-refractivity contribution is 0.0947. The van der Waals surface area contributed by atoms with Crippen LogP contribution >= 0.6 is 0 Å². The summed E-state index contributed by atoms with van der Waals surface area (Å²) < 4.78 is 26.7. The van der Waals surface area contributed by atoms with Crippen LogP contribution in [-0.2, 0) is 0 Å². The third-order valence-electron chi connectivity index (χ3n) is 2.76. The van der Waals surface area contributed by atoms with Gasteiger partial charge in [-0.3, -0.25) is 10.6 Å². The van der Waals surface area contributed by atoms with E-state index in [9.17, 15) is 13.6 Å². The Kier molecular flexibility index (Phi) is 5.03. The van der Waals surface area contributed by atoms with E-state index in [1.54, 1.807) is 0 Å². The summed E-state index contributed by atoms with van der Waals surface area (Å²) in [5.41, 5.74) is 1.39. The lowest BCUT2D eigenvalue weighted by Crippen LogP contribution is -2.28. The molecule has 0 aliphatic carbocycles. The minimum atomic E-state index is -0.897. The van der Waals surface area contributed by atoms with Crippen LogP contribution in [0.1, 0.15) is 30.6 Å². The first-order valence-corrected chi connectivity index (χ1v) is 5.73. The van der Waals surface area contributed by atoms with Crippen LogP contribution in [0.2, 0.25) is 0 Å². The number of amides is 1. The molecule has 1 aromatic carbocycles. The van der Waals surface area contributed by atoms with Crippen molar-refractivity contribution in [3.8, 4) is 0 Å². The molecule has 0 radical (unpaired) electrons. The summed E-state index contributed by atoms with van der Waals surface area (Å²) in [6, 6.07) is 1.90. The van der Waals surface area contributed by atoms with Gasteiger partial charge in [0.1, 0.15) is 5.69 Å². The summed E-state index contributed by atoms with van der Waals surface area (Å²) in [4.78, 5) is 11.7. The minimum absolute atomic E-state index is 0.0627. The van der Waals surface area contributed by atoms with Gasteiger partial charge in [-0.05, 0) is 18.1 Å². The van der Waals surface area contributed by atoms with E-state index in [0.717, 1.165) is 18.6 Å². The van der Waals surface area contributed by atoms with Crippen LogP contribution in [0.4, 0.5) is 14.5 Å². The molecule has 0 saturated carbocycles. The lowest BCUT2D eigenvalue weighted by Gasteiger charge is -2.11. The molecule has 6 heteroatoms. The molecule has 1 unspecified atom stereocenters. The molecule has 0 fully saturated rings. The molecular weight excluding hydrogens is 240 g/mol. The molecule has 0 aromatic heterocycles. The molecule has 0 bridgehead atoms. The van der Waals surface area contributed by atoms with Gasteiger partial charge in [-0.1, -0.05) is 20.3 Å². The molecule has 100 valence electrons. The number of hydrazine groups is 1. The van der Waals surface area contributed by atoms with E-state index in [1.807, 2.05) is 19.3 Å². The van der Waals surface area contributed by atoms with Gasteiger partial charge in [-0.2, -0.15) is 0 Å². The van der Waals surface area contributed by atoms with E-state index in [1.165, 1.54) is 0 Å². The number of hydrogen-bond acceptors (Lipinski definition) is 3. The average molecular weight is 257 g/mol. The Morgan fingerprint density at radius 3 is 2.39 bits per heavy atom. The maximum absolute atomic E-state index is 13.4. The van der Waals surface area contributed by atoms with Gasteiger partial charge in [0.05, 0.1) is 0 Å². The molecule has 1 aromatic rings. The van der Waals surface area contributed by atoms with Gasteiger partial charge < -0.3 is 10.7 Å². The van der Waals surface area contributed by atoms with Gasteiger partial charge in [0.15, 0.2) is 11.6 Å². The third-order valence-corrected chi connectivity index (χ3v) is 2.76. The second-order valence-electron chi connectivity index (χ2n) is 4.18. The number of nitrogens with one attached hydrogen (secondary N) is 2. The van der Waals surface area contributed by atoms with E-state index in [4.69, 9.17) is 5.84 Å². The van der Waals surface area contributed by atoms with Gasteiger partial charge in [0, 0.05) is 12.1 Å². The monoisotopic (exact) mass is 257 g/mol. The zero-order chi connectivity index (χ0) is 13.7. The Hall–Kier alpha value is -1.69. The number of anilines is 1. The predicted octanol–water partition coefficient (Wildman–Crippen LogP) is 2.03. The first-order chi connectivity index (χ1) is 8.49. The lowest BCUT2D eigenvalue weighted by atomic mass is 10.1. The van der Waals surface area contributed by atoms with Crippen LogP contribution in [-0.4, -0.2) is 12.5 Å². The highest BCUT2D eigenvalue weighted by Crippen LogP contribution is 2.19. The van der Waals surface area contributed by atoms with Crippen LogP contribution in [0.5, 0.6) is 0 Å². The number of hydrogen-bond donors (Lipinski definition) is 3. The number of benzene rings is 1. The Balaban J connectivity index is 2.81. The SMILES string of the molecule is CCC(C)CNC(=O)c1cc(F)c(NN)c(F)c1. The van der Waals surface area contributed by atoms with Crippen LogP contribution in [0.15, 0.2) is 12.1 Å². The number of halogens is 2. The van der Waals surface area contributed by atoms with Crippen molar-refractivity contribution in [2.45, 2.75) is 20.3 Å². The fraction of sp³-hybridized carbons (Fsp3) is 0.417.